The third-order valence-corrected chi connectivity index (χ3v) is 2.61. The molecule has 17 heavy (non-hydrogen) atoms. The lowest BCUT2D eigenvalue weighted by atomic mass is 10.3. The van der Waals surface area contributed by atoms with Gasteiger partial charge in [0.25, 0.3) is 5.56 Å². The summed E-state index contributed by atoms with van der Waals surface area (Å²) in [5.74, 6) is 0.759. The minimum absolute atomic E-state index is 0. The molecule has 7 heteroatoms. The number of aromatic nitrogens is 2. The molecule has 0 aromatic carbocycles. The van der Waals surface area contributed by atoms with Gasteiger partial charge in [-0.05, 0) is 12.8 Å². The van der Waals surface area contributed by atoms with Crippen LogP contribution in [-0.4, -0.2) is 21.8 Å². The summed E-state index contributed by atoms with van der Waals surface area (Å²) in [5, 5.41) is 2.58. The lowest BCUT2D eigenvalue weighted by Crippen LogP contribution is -2.25. The minimum atomic E-state index is -0.267. The van der Waals surface area contributed by atoms with Crippen molar-refractivity contribution in [3.8, 4) is 0 Å². The molecule has 0 bridgehead atoms. The summed E-state index contributed by atoms with van der Waals surface area (Å²) < 4.78 is 0. The Labute approximate surface area is 109 Å². The second kappa shape index (κ2) is 6.02. The second-order valence-corrected chi connectivity index (χ2v) is 4.07. The van der Waals surface area contributed by atoms with E-state index in [2.05, 4.69) is 15.3 Å². The molecule has 0 radical (unpaired) electrons. The zero-order valence-electron chi connectivity index (χ0n) is 9.03. The summed E-state index contributed by atoms with van der Waals surface area (Å²) in [6, 6.07) is 1.39. The quantitative estimate of drug-likeness (QED) is 0.804. The molecular formula is C10H13Cl2N3O2. The molecule has 0 unspecified atom stereocenters. The maximum Gasteiger partial charge on any atom is 0.251 e. The number of hydrogen-bond donors (Lipinski definition) is 2. The van der Waals surface area contributed by atoms with E-state index in [0.717, 1.165) is 18.7 Å². The topological polar surface area (TPSA) is 74.8 Å². The van der Waals surface area contributed by atoms with Crippen LogP contribution in [-0.2, 0) is 11.3 Å². The first kappa shape index (κ1) is 14.0. The number of rotatable bonds is 4. The van der Waals surface area contributed by atoms with Gasteiger partial charge in [-0.1, -0.05) is 0 Å². The second-order valence-electron chi connectivity index (χ2n) is 3.81. The molecule has 2 N–H and O–H groups in total. The Bertz CT molecular complexity index is 457. The summed E-state index contributed by atoms with van der Waals surface area (Å²) in [4.78, 5) is 29.3. The van der Waals surface area contributed by atoms with Gasteiger partial charge in [-0.15, -0.1) is 24.0 Å². The Morgan fingerprint density at radius 3 is 2.88 bits per heavy atom. The first-order valence-corrected chi connectivity index (χ1v) is 5.65. The highest BCUT2D eigenvalue weighted by Crippen LogP contribution is 2.37. The standard InChI is InChI=1S/C10H12ClN3O2.ClH/c11-4-9(16)12-5-7-3-8(15)14-10(13-7)6-1-2-6;/h3,6H,1-2,4-5H2,(H,12,16)(H,13,14,15);1H. The molecule has 1 saturated carbocycles. The van der Waals surface area contributed by atoms with E-state index < -0.39 is 0 Å². The van der Waals surface area contributed by atoms with Gasteiger partial charge < -0.3 is 10.3 Å². The lowest BCUT2D eigenvalue weighted by molar-refractivity contribution is -0.118. The molecule has 0 atom stereocenters. The molecule has 1 amide bonds. The van der Waals surface area contributed by atoms with Crippen LogP contribution in [0.4, 0.5) is 0 Å². The van der Waals surface area contributed by atoms with Crippen molar-refractivity contribution in [2.24, 2.45) is 0 Å². The number of amides is 1. The van der Waals surface area contributed by atoms with Crippen LogP contribution in [0, 0.1) is 0 Å². The fraction of sp³-hybridized carbons (Fsp3) is 0.500. The molecule has 2 rings (SSSR count). The van der Waals surface area contributed by atoms with Crippen LogP contribution in [0.15, 0.2) is 10.9 Å². The molecule has 1 aliphatic carbocycles. The summed E-state index contributed by atoms with van der Waals surface area (Å²) in [5.41, 5.74) is 0.399. The van der Waals surface area contributed by atoms with Crippen LogP contribution < -0.4 is 10.9 Å². The minimum Gasteiger partial charge on any atom is -0.349 e. The van der Waals surface area contributed by atoms with E-state index in [1.165, 1.54) is 6.07 Å². The first-order chi connectivity index (χ1) is 7.69. The number of nitrogens with zero attached hydrogens (tertiary/aromatic N) is 1. The Hall–Kier alpha value is -1.07. The van der Waals surface area contributed by atoms with Crippen LogP contribution in [0.1, 0.15) is 30.3 Å². The van der Waals surface area contributed by atoms with Crippen LogP contribution in [0.3, 0.4) is 0 Å². The van der Waals surface area contributed by atoms with E-state index in [4.69, 9.17) is 11.6 Å². The van der Waals surface area contributed by atoms with Gasteiger partial charge in [0.05, 0.1) is 12.2 Å². The normalized spacial score (nSPS) is 13.9. The number of aromatic amines is 1. The molecule has 1 fully saturated rings. The summed E-state index contributed by atoms with van der Waals surface area (Å²) >= 11 is 5.34. The van der Waals surface area contributed by atoms with Crippen molar-refractivity contribution in [3.63, 3.8) is 0 Å². The van der Waals surface area contributed by atoms with Crippen molar-refractivity contribution in [2.45, 2.75) is 25.3 Å². The van der Waals surface area contributed by atoms with Crippen molar-refractivity contribution < 1.29 is 4.79 Å². The lowest BCUT2D eigenvalue weighted by Gasteiger charge is -2.04. The number of hydrogen-bond acceptors (Lipinski definition) is 3. The summed E-state index contributed by atoms with van der Waals surface area (Å²) in [7, 11) is 0. The van der Waals surface area contributed by atoms with Gasteiger partial charge in [0.1, 0.15) is 11.7 Å². The van der Waals surface area contributed by atoms with Crippen LogP contribution in [0.25, 0.3) is 0 Å². The van der Waals surface area contributed by atoms with Gasteiger partial charge in [-0.25, -0.2) is 4.98 Å². The fourth-order valence-electron chi connectivity index (χ4n) is 1.41. The SMILES string of the molecule is Cl.O=C(CCl)NCc1cc(=O)[nH]c(C2CC2)n1. The van der Waals surface area contributed by atoms with Crippen molar-refractivity contribution in [3.05, 3.63) is 27.9 Å². The number of carbonyl (C=O) groups is 1. The molecule has 1 aromatic rings. The van der Waals surface area contributed by atoms with Crippen molar-refractivity contribution >= 4 is 29.9 Å². The van der Waals surface area contributed by atoms with Gasteiger partial charge in [0, 0.05) is 12.0 Å². The van der Waals surface area contributed by atoms with Crippen molar-refractivity contribution in [2.75, 3.05) is 5.88 Å². The first-order valence-electron chi connectivity index (χ1n) is 5.12. The van der Waals surface area contributed by atoms with E-state index in [1.54, 1.807) is 0 Å². The van der Waals surface area contributed by atoms with Gasteiger partial charge in [0.2, 0.25) is 5.91 Å². The predicted molar refractivity (Wildman–Crippen MR) is 66.6 cm³/mol. The van der Waals surface area contributed by atoms with Gasteiger partial charge >= 0.3 is 0 Å². The molecule has 1 aromatic heterocycles. The van der Waals surface area contributed by atoms with Crippen molar-refractivity contribution in [1.29, 1.82) is 0 Å². The Morgan fingerprint density at radius 2 is 2.29 bits per heavy atom. The zero-order chi connectivity index (χ0) is 11.5. The molecule has 0 saturated heterocycles. The van der Waals surface area contributed by atoms with Crippen LogP contribution in [0.2, 0.25) is 0 Å². The Morgan fingerprint density at radius 1 is 1.59 bits per heavy atom. The Kier molecular flexibility index (Phi) is 4.96. The average molecular weight is 278 g/mol. The summed E-state index contributed by atoms with van der Waals surface area (Å²) in [6.07, 6.45) is 2.14. The van der Waals surface area contributed by atoms with E-state index in [9.17, 15) is 9.59 Å². The number of alkyl halides is 1. The molecule has 1 heterocycles. The van der Waals surface area contributed by atoms with Crippen LogP contribution >= 0.6 is 24.0 Å². The van der Waals surface area contributed by atoms with Gasteiger partial charge in [-0.2, -0.15) is 0 Å². The largest absolute Gasteiger partial charge is 0.349 e. The Balaban J connectivity index is 0.00000144. The van der Waals surface area contributed by atoms with E-state index in [0.29, 0.717) is 11.6 Å². The summed E-state index contributed by atoms with van der Waals surface area (Å²) in [6.45, 7) is 0.245. The maximum absolute atomic E-state index is 11.3. The highest BCUT2D eigenvalue weighted by molar-refractivity contribution is 6.27. The average Bonchev–Trinajstić information content (AvgIpc) is 3.09. The molecule has 1 aliphatic rings. The van der Waals surface area contributed by atoms with Crippen LogP contribution in [0.5, 0.6) is 0 Å². The monoisotopic (exact) mass is 277 g/mol. The molecule has 94 valence electrons. The predicted octanol–water partition coefficient (Wildman–Crippen LogP) is 0.924. The number of carbonyl (C=O) groups excluding carboxylic acids is 1. The highest BCUT2D eigenvalue weighted by Gasteiger charge is 2.26. The molecular weight excluding hydrogens is 265 g/mol. The third kappa shape index (κ3) is 4.02. The van der Waals surface area contributed by atoms with E-state index in [1.807, 2.05) is 0 Å². The number of halogens is 2. The zero-order valence-corrected chi connectivity index (χ0v) is 10.6. The smallest absolute Gasteiger partial charge is 0.251 e. The van der Waals surface area contributed by atoms with E-state index in [-0.39, 0.29) is 36.3 Å². The van der Waals surface area contributed by atoms with Crippen molar-refractivity contribution in [1.82, 2.24) is 15.3 Å². The maximum atomic E-state index is 11.3. The fourth-order valence-corrected chi connectivity index (χ4v) is 1.50. The number of nitrogens with one attached hydrogen (secondary N) is 2. The third-order valence-electron chi connectivity index (χ3n) is 2.37. The van der Waals surface area contributed by atoms with Gasteiger partial charge in [0.15, 0.2) is 0 Å². The number of H-pyrrole nitrogens is 1. The molecule has 0 spiro atoms. The van der Waals surface area contributed by atoms with Gasteiger partial charge in [-0.3, -0.25) is 9.59 Å². The van der Waals surface area contributed by atoms with E-state index >= 15 is 0 Å². The molecule has 0 aliphatic heterocycles. The molecule has 5 nitrogen and oxygen atoms in total. The highest BCUT2D eigenvalue weighted by atomic mass is 35.5.